The first-order valence-corrected chi connectivity index (χ1v) is 6.96. The number of rotatable bonds is 4. The summed E-state index contributed by atoms with van der Waals surface area (Å²) in [5.41, 5.74) is 1.61. The maximum absolute atomic E-state index is 14.0. The Hall–Kier alpha value is -2.17. The van der Waals surface area contributed by atoms with Crippen molar-refractivity contribution in [3.05, 3.63) is 47.0 Å². The van der Waals surface area contributed by atoms with Crippen molar-refractivity contribution in [1.82, 2.24) is 9.97 Å². The first kappa shape index (κ1) is 15.2. The summed E-state index contributed by atoms with van der Waals surface area (Å²) in [7, 11) is 3.75. The maximum atomic E-state index is 14.0. The van der Waals surface area contributed by atoms with Crippen molar-refractivity contribution < 1.29 is 4.39 Å². The fourth-order valence-corrected chi connectivity index (χ4v) is 2.41. The van der Waals surface area contributed by atoms with Crippen molar-refractivity contribution in [3.8, 4) is 0 Å². The van der Waals surface area contributed by atoms with Gasteiger partial charge in [0.1, 0.15) is 23.3 Å². The summed E-state index contributed by atoms with van der Waals surface area (Å²) in [6.45, 7) is 5.78. The van der Waals surface area contributed by atoms with E-state index in [0.29, 0.717) is 11.4 Å². The molecule has 5 heteroatoms. The van der Waals surface area contributed by atoms with E-state index in [1.807, 2.05) is 45.8 Å². The summed E-state index contributed by atoms with van der Waals surface area (Å²) in [5, 5.41) is 3.07. The summed E-state index contributed by atoms with van der Waals surface area (Å²) in [4.78, 5) is 10.8. The molecule has 1 heterocycles. The number of aryl methyl sites for hydroxylation is 1. The largest absolute Gasteiger partial charge is 0.373 e. The van der Waals surface area contributed by atoms with Crippen molar-refractivity contribution in [2.24, 2.45) is 0 Å². The van der Waals surface area contributed by atoms with E-state index < -0.39 is 0 Å². The summed E-state index contributed by atoms with van der Waals surface area (Å²) in [6, 6.07) is 6.71. The number of nitrogens with zero attached hydrogens (tertiary/aromatic N) is 3. The Labute approximate surface area is 125 Å². The van der Waals surface area contributed by atoms with E-state index in [-0.39, 0.29) is 11.9 Å². The Balaban J connectivity index is 2.42. The van der Waals surface area contributed by atoms with Crippen LogP contribution in [-0.4, -0.2) is 24.1 Å². The molecule has 4 nitrogen and oxygen atoms in total. The highest BCUT2D eigenvalue weighted by Gasteiger charge is 2.20. The molecule has 0 spiro atoms. The molecular weight excluding hydrogens is 267 g/mol. The van der Waals surface area contributed by atoms with Gasteiger partial charge in [-0.25, -0.2) is 14.4 Å². The number of hydrogen-bond donors (Lipinski definition) is 1. The van der Waals surface area contributed by atoms with Gasteiger partial charge in [0, 0.05) is 25.2 Å². The Kier molecular flexibility index (Phi) is 4.40. The van der Waals surface area contributed by atoms with Crippen LogP contribution in [0.25, 0.3) is 0 Å². The number of benzene rings is 1. The van der Waals surface area contributed by atoms with Crippen LogP contribution in [0.2, 0.25) is 0 Å². The zero-order valence-electron chi connectivity index (χ0n) is 13.1. The van der Waals surface area contributed by atoms with Crippen LogP contribution in [0.15, 0.2) is 24.3 Å². The molecule has 1 unspecified atom stereocenters. The third kappa shape index (κ3) is 2.96. The van der Waals surface area contributed by atoms with Gasteiger partial charge in [0.25, 0.3) is 0 Å². The topological polar surface area (TPSA) is 41.1 Å². The third-order valence-electron chi connectivity index (χ3n) is 3.74. The SMILES string of the molecule is CNc1nc(C)nc(N(C)C(C)c2ccccc2F)c1C. The second-order valence-corrected chi connectivity index (χ2v) is 5.13. The minimum Gasteiger partial charge on any atom is -0.373 e. The molecule has 2 rings (SSSR count). The molecule has 0 saturated carbocycles. The molecule has 2 aromatic rings. The van der Waals surface area contributed by atoms with E-state index >= 15 is 0 Å². The fourth-order valence-electron chi connectivity index (χ4n) is 2.41. The zero-order chi connectivity index (χ0) is 15.6. The number of nitrogens with one attached hydrogen (secondary N) is 1. The Morgan fingerprint density at radius 3 is 2.48 bits per heavy atom. The van der Waals surface area contributed by atoms with E-state index in [1.54, 1.807) is 12.1 Å². The lowest BCUT2D eigenvalue weighted by Gasteiger charge is -2.28. The van der Waals surface area contributed by atoms with Crippen LogP contribution in [0.3, 0.4) is 0 Å². The molecule has 0 bridgehead atoms. The van der Waals surface area contributed by atoms with Crippen LogP contribution in [0.1, 0.15) is 29.9 Å². The predicted molar refractivity (Wildman–Crippen MR) is 84.3 cm³/mol. The van der Waals surface area contributed by atoms with Gasteiger partial charge in [0.05, 0.1) is 6.04 Å². The molecule has 0 aliphatic rings. The van der Waals surface area contributed by atoms with Crippen molar-refractivity contribution >= 4 is 11.6 Å². The molecule has 1 atom stereocenters. The van der Waals surface area contributed by atoms with Crippen LogP contribution >= 0.6 is 0 Å². The summed E-state index contributed by atoms with van der Waals surface area (Å²) < 4.78 is 14.0. The first-order valence-electron chi connectivity index (χ1n) is 6.96. The van der Waals surface area contributed by atoms with Crippen molar-refractivity contribution in [2.75, 3.05) is 24.3 Å². The van der Waals surface area contributed by atoms with Gasteiger partial charge in [0.15, 0.2) is 0 Å². The lowest BCUT2D eigenvalue weighted by atomic mass is 10.1. The lowest BCUT2D eigenvalue weighted by Crippen LogP contribution is -2.25. The summed E-state index contributed by atoms with van der Waals surface area (Å²) in [5.74, 6) is 2.09. The smallest absolute Gasteiger partial charge is 0.137 e. The van der Waals surface area contributed by atoms with Gasteiger partial charge in [-0.1, -0.05) is 18.2 Å². The number of halogens is 1. The van der Waals surface area contributed by atoms with Crippen LogP contribution in [0, 0.1) is 19.7 Å². The fraction of sp³-hybridized carbons (Fsp3) is 0.375. The number of anilines is 2. The number of hydrogen-bond acceptors (Lipinski definition) is 4. The average molecular weight is 288 g/mol. The number of aromatic nitrogens is 2. The van der Waals surface area contributed by atoms with Crippen LogP contribution in [0.5, 0.6) is 0 Å². The molecule has 0 radical (unpaired) electrons. The molecule has 0 aliphatic carbocycles. The molecule has 0 amide bonds. The van der Waals surface area contributed by atoms with Gasteiger partial charge in [-0.2, -0.15) is 0 Å². The van der Waals surface area contributed by atoms with Gasteiger partial charge in [-0.15, -0.1) is 0 Å². The van der Waals surface area contributed by atoms with E-state index in [4.69, 9.17) is 0 Å². The monoisotopic (exact) mass is 288 g/mol. The first-order chi connectivity index (χ1) is 9.95. The van der Waals surface area contributed by atoms with Crippen molar-refractivity contribution in [2.45, 2.75) is 26.8 Å². The molecular formula is C16H21FN4. The molecule has 1 aromatic carbocycles. The normalized spacial score (nSPS) is 12.1. The minimum absolute atomic E-state index is 0.121. The summed E-state index contributed by atoms with van der Waals surface area (Å²) in [6.07, 6.45) is 0. The molecule has 0 fully saturated rings. The standard InChI is InChI=1S/C16H21FN4/c1-10-15(18-4)19-12(3)20-16(10)21(5)11(2)13-8-6-7-9-14(13)17/h6-9,11H,1-5H3,(H,18,19,20). The van der Waals surface area contributed by atoms with Crippen LogP contribution < -0.4 is 10.2 Å². The van der Waals surface area contributed by atoms with Crippen molar-refractivity contribution in [3.63, 3.8) is 0 Å². The van der Waals surface area contributed by atoms with E-state index in [1.165, 1.54) is 6.07 Å². The average Bonchev–Trinajstić information content (AvgIpc) is 2.48. The van der Waals surface area contributed by atoms with Gasteiger partial charge < -0.3 is 10.2 Å². The highest BCUT2D eigenvalue weighted by Crippen LogP contribution is 2.30. The highest BCUT2D eigenvalue weighted by molar-refractivity contribution is 5.59. The molecule has 1 N–H and O–H groups in total. The van der Waals surface area contributed by atoms with Crippen LogP contribution in [0.4, 0.5) is 16.0 Å². The quantitative estimate of drug-likeness (QED) is 0.935. The molecule has 1 aromatic heterocycles. The van der Waals surface area contributed by atoms with E-state index in [9.17, 15) is 4.39 Å². The van der Waals surface area contributed by atoms with Crippen molar-refractivity contribution in [1.29, 1.82) is 0 Å². The molecule has 21 heavy (non-hydrogen) atoms. The maximum Gasteiger partial charge on any atom is 0.137 e. The summed E-state index contributed by atoms with van der Waals surface area (Å²) >= 11 is 0. The van der Waals surface area contributed by atoms with Gasteiger partial charge in [-0.3, -0.25) is 0 Å². The van der Waals surface area contributed by atoms with Gasteiger partial charge in [0.2, 0.25) is 0 Å². The third-order valence-corrected chi connectivity index (χ3v) is 3.74. The Morgan fingerprint density at radius 1 is 1.19 bits per heavy atom. The molecule has 0 aliphatic heterocycles. The van der Waals surface area contributed by atoms with Gasteiger partial charge >= 0.3 is 0 Å². The molecule has 112 valence electrons. The second kappa shape index (κ2) is 6.08. The van der Waals surface area contributed by atoms with Gasteiger partial charge in [-0.05, 0) is 26.8 Å². The highest BCUT2D eigenvalue weighted by atomic mass is 19.1. The van der Waals surface area contributed by atoms with E-state index in [2.05, 4.69) is 15.3 Å². The lowest BCUT2D eigenvalue weighted by molar-refractivity contribution is 0.583. The second-order valence-electron chi connectivity index (χ2n) is 5.13. The zero-order valence-corrected chi connectivity index (χ0v) is 13.1. The van der Waals surface area contributed by atoms with E-state index in [0.717, 1.165) is 17.2 Å². The molecule has 0 saturated heterocycles. The predicted octanol–water partition coefficient (Wildman–Crippen LogP) is 3.47. The Bertz CT molecular complexity index is 642. The van der Waals surface area contributed by atoms with Crippen LogP contribution in [-0.2, 0) is 0 Å². The Morgan fingerprint density at radius 2 is 1.86 bits per heavy atom. The minimum atomic E-state index is -0.200.